The van der Waals surface area contributed by atoms with Gasteiger partial charge in [-0.2, -0.15) is 0 Å². The Bertz CT molecular complexity index is 670. The molecule has 0 fully saturated rings. The number of terminal acetylenes is 1. The first-order chi connectivity index (χ1) is 10.2. The van der Waals surface area contributed by atoms with E-state index in [1.807, 2.05) is 0 Å². The van der Waals surface area contributed by atoms with Crippen LogP contribution in [0.3, 0.4) is 0 Å². The average molecular weight is 305 g/mol. The second-order valence-electron chi connectivity index (χ2n) is 3.93. The van der Waals surface area contributed by atoms with Crippen LogP contribution in [0, 0.1) is 12.3 Å². The predicted octanol–water partition coefficient (Wildman–Crippen LogP) is 2.90. The first-order valence-electron chi connectivity index (χ1n) is 6.01. The molecule has 2 aromatic rings. The lowest BCUT2D eigenvalue weighted by molar-refractivity contribution is 0.233. The first-order valence-corrected chi connectivity index (χ1v) is 6.39. The monoisotopic (exact) mass is 304 g/mol. The van der Waals surface area contributed by atoms with E-state index in [0.717, 1.165) is 0 Å². The van der Waals surface area contributed by atoms with Crippen LogP contribution in [-0.4, -0.2) is 24.2 Å². The van der Waals surface area contributed by atoms with Gasteiger partial charge in [0, 0.05) is 18.3 Å². The van der Waals surface area contributed by atoms with Gasteiger partial charge in [-0.3, -0.25) is 0 Å². The Labute approximate surface area is 127 Å². The molecule has 2 rings (SSSR count). The summed E-state index contributed by atoms with van der Waals surface area (Å²) in [5.74, 6) is 3.61. The number of methoxy groups -OCH3 is 2. The lowest BCUT2D eigenvalue weighted by atomic mass is 10.2. The Kier molecular flexibility index (Phi) is 4.85. The summed E-state index contributed by atoms with van der Waals surface area (Å²) in [5, 5.41) is 0.441. The van der Waals surface area contributed by atoms with Gasteiger partial charge in [0.1, 0.15) is 0 Å². The van der Waals surface area contributed by atoms with Crippen LogP contribution in [0.15, 0.2) is 30.5 Å². The molecule has 0 saturated carbocycles. The molecule has 0 saturated heterocycles. The third kappa shape index (κ3) is 3.56. The standard InChI is InChI=1S/C15H13ClN2O3/c1-4-12(11-6-5-7-14(18-11)20-3)21-15-13(19-2)8-10(16)9-17-15/h1,5-9,12H,2-3H3. The third-order valence-corrected chi connectivity index (χ3v) is 2.82. The minimum atomic E-state index is -0.720. The SMILES string of the molecule is C#CC(Oc1ncc(Cl)cc1OC)c1cccc(OC)n1. The zero-order valence-corrected chi connectivity index (χ0v) is 12.3. The second-order valence-corrected chi connectivity index (χ2v) is 4.37. The molecule has 108 valence electrons. The van der Waals surface area contributed by atoms with Gasteiger partial charge in [0.15, 0.2) is 5.75 Å². The van der Waals surface area contributed by atoms with Gasteiger partial charge in [-0.15, -0.1) is 6.42 Å². The summed E-state index contributed by atoms with van der Waals surface area (Å²) in [6.45, 7) is 0. The van der Waals surface area contributed by atoms with E-state index in [2.05, 4.69) is 15.9 Å². The molecule has 0 N–H and O–H groups in total. The van der Waals surface area contributed by atoms with Crippen LogP contribution < -0.4 is 14.2 Å². The molecule has 2 heterocycles. The minimum absolute atomic E-state index is 0.245. The Morgan fingerprint density at radius 1 is 1.29 bits per heavy atom. The molecule has 0 bridgehead atoms. The van der Waals surface area contributed by atoms with Crippen LogP contribution in [0.4, 0.5) is 0 Å². The summed E-state index contributed by atoms with van der Waals surface area (Å²) in [6, 6.07) is 6.84. The van der Waals surface area contributed by atoms with Gasteiger partial charge in [0.25, 0.3) is 5.88 Å². The van der Waals surface area contributed by atoms with E-state index in [9.17, 15) is 0 Å². The third-order valence-electron chi connectivity index (χ3n) is 2.61. The summed E-state index contributed by atoms with van der Waals surface area (Å²) >= 11 is 5.86. The molecule has 6 heteroatoms. The van der Waals surface area contributed by atoms with Crippen molar-refractivity contribution in [3.8, 4) is 29.9 Å². The van der Waals surface area contributed by atoms with Gasteiger partial charge < -0.3 is 14.2 Å². The highest BCUT2D eigenvalue weighted by molar-refractivity contribution is 6.30. The van der Waals surface area contributed by atoms with Crippen LogP contribution >= 0.6 is 11.6 Å². The van der Waals surface area contributed by atoms with Gasteiger partial charge in [0.2, 0.25) is 12.0 Å². The lowest BCUT2D eigenvalue weighted by Crippen LogP contribution is -2.09. The van der Waals surface area contributed by atoms with Crippen molar-refractivity contribution in [1.29, 1.82) is 0 Å². The molecule has 0 aliphatic rings. The molecule has 1 atom stereocenters. The molecular formula is C15H13ClN2O3. The Hall–Kier alpha value is -2.45. The zero-order valence-electron chi connectivity index (χ0n) is 11.5. The normalized spacial score (nSPS) is 11.3. The number of nitrogens with zero attached hydrogens (tertiary/aromatic N) is 2. The number of pyridine rings is 2. The molecule has 0 aromatic carbocycles. The molecule has 0 amide bonds. The number of hydrogen-bond donors (Lipinski definition) is 0. The molecule has 0 radical (unpaired) electrons. The number of hydrogen-bond acceptors (Lipinski definition) is 5. The largest absolute Gasteiger partial charge is 0.491 e. The molecule has 21 heavy (non-hydrogen) atoms. The van der Waals surface area contributed by atoms with Crippen molar-refractivity contribution in [3.63, 3.8) is 0 Å². The van der Waals surface area contributed by atoms with Crippen molar-refractivity contribution in [2.24, 2.45) is 0 Å². The summed E-state index contributed by atoms with van der Waals surface area (Å²) in [7, 11) is 3.02. The van der Waals surface area contributed by atoms with E-state index in [1.54, 1.807) is 24.3 Å². The average Bonchev–Trinajstić information content (AvgIpc) is 2.53. The predicted molar refractivity (Wildman–Crippen MR) is 78.8 cm³/mol. The number of aromatic nitrogens is 2. The maximum atomic E-state index is 5.86. The molecule has 2 aromatic heterocycles. The molecule has 0 spiro atoms. The molecular weight excluding hydrogens is 292 g/mol. The number of halogens is 1. The van der Waals surface area contributed by atoms with Crippen LogP contribution in [0.5, 0.6) is 17.5 Å². The van der Waals surface area contributed by atoms with E-state index in [-0.39, 0.29) is 5.88 Å². The first kappa shape index (κ1) is 14.9. The van der Waals surface area contributed by atoms with Gasteiger partial charge in [-0.25, -0.2) is 9.97 Å². The Morgan fingerprint density at radius 3 is 2.76 bits per heavy atom. The fourth-order valence-electron chi connectivity index (χ4n) is 1.62. The topological polar surface area (TPSA) is 53.5 Å². The Balaban J connectivity index is 2.29. The zero-order chi connectivity index (χ0) is 15.2. The van der Waals surface area contributed by atoms with Crippen LogP contribution in [0.2, 0.25) is 5.02 Å². The minimum Gasteiger partial charge on any atom is -0.491 e. The molecule has 0 aliphatic carbocycles. The van der Waals surface area contributed by atoms with E-state index in [1.165, 1.54) is 20.4 Å². The summed E-state index contributed by atoms with van der Waals surface area (Å²) in [5.41, 5.74) is 0.538. The van der Waals surface area contributed by atoms with Crippen LogP contribution in [0.1, 0.15) is 11.8 Å². The summed E-state index contributed by atoms with van der Waals surface area (Å²) in [6.07, 6.45) is 6.25. The summed E-state index contributed by atoms with van der Waals surface area (Å²) in [4.78, 5) is 8.32. The molecule has 1 unspecified atom stereocenters. The van der Waals surface area contributed by atoms with Gasteiger partial charge >= 0.3 is 0 Å². The van der Waals surface area contributed by atoms with Crippen molar-refractivity contribution in [2.75, 3.05) is 14.2 Å². The van der Waals surface area contributed by atoms with Crippen molar-refractivity contribution < 1.29 is 14.2 Å². The number of rotatable bonds is 5. The smallest absolute Gasteiger partial charge is 0.258 e. The molecule has 0 aliphatic heterocycles. The quantitative estimate of drug-likeness (QED) is 0.795. The Morgan fingerprint density at radius 2 is 2.10 bits per heavy atom. The number of ether oxygens (including phenoxy) is 3. The molecule has 5 nitrogen and oxygen atoms in total. The van der Waals surface area contributed by atoms with Crippen molar-refractivity contribution in [2.45, 2.75) is 6.10 Å². The highest BCUT2D eigenvalue weighted by atomic mass is 35.5. The van der Waals surface area contributed by atoms with Crippen LogP contribution in [-0.2, 0) is 0 Å². The van der Waals surface area contributed by atoms with E-state index >= 15 is 0 Å². The van der Waals surface area contributed by atoms with Gasteiger partial charge in [0.05, 0.1) is 24.9 Å². The van der Waals surface area contributed by atoms with Crippen molar-refractivity contribution in [3.05, 3.63) is 41.2 Å². The van der Waals surface area contributed by atoms with Gasteiger partial charge in [-0.05, 0) is 6.07 Å². The summed E-state index contributed by atoms with van der Waals surface area (Å²) < 4.78 is 15.9. The highest BCUT2D eigenvalue weighted by Gasteiger charge is 2.16. The maximum absolute atomic E-state index is 5.86. The van der Waals surface area contributed by atoms with E-state index in [0.29, 0.717) is 22.3 Å². The fourth-order valence-corrected chi connectivity index (χ4v) is 1.77. The maximum Gasteiger partial charge on any atom is 0.258 e. The van der Waals surface area contributed by atoms with E-state index < -0.39 is 6.10 Å². The van der Waals surface area contributed by atoms with Crippen molar-refractivity contribution >= 4 is 11.6 Å². The lowest BCUT2D eigenvalue weighted by Gasteiger charge is -2.15. The second kappa shape index (κ2) is 6.82. The van der Waals surface area contributed by atoms with Crippen molar-refractivity contribution in [1.82, 2.24) is 9.97 Å². The highest BCUT2D eigenvalue weighted by Crippen LogP contribution is 2.30. The van der Waals surface area contributed by atoms with Crippen LogP contribution in [0.25, 0.3) is 0 Å². The van der Waals surface area contributed by atoms with Gasteiger partial charge in [-0.1, -0.05) is 23.6 Å². The van der Waals surface area contributed by atoms with E-state index in [4.69, 9.17) is 32.2 Å². The fraction of sp³-hybridized carbons (Fsp3) is 0.200.